The topological polar surface area (TPSA) is 81.1 Å². The third-order valence-electron chi connectivity index (χ3n) is 4.80. The molecule has 7 heteroatoms. The zero-order valence-electron chi connectivity index (χ0n) is 15.4. The van der Waals surface area contributed by atoms with Gasteiger partial charge in [0.2, 0.25) is 5.91 Å². The molecule has 6 nitrogen and oxygen atoms in total. The number of carbonyl (C=O) groups is 2. The van der Waals surface area contributed by atoms with Crippen LogP contribution >= 0.6 is 11.8 Å². The maximum Gasteiger partial charge on any atom is 0.262 e. The van der Waals surface area contributed by atoms with Crippen LogP contribution in [-0.2, 0) is 17.8 Å². The zero-order chi connectivity index (χ0) is 19.7. The number of hydrogen-bond donors (Lipinski definition) is 1. The number of amides is 1. The van der Waals surface area contributed by atoms with Crippen molar-refractivity contribution < 1.29 is 9.59 Å². The summed E-state index contributed by atoms with van der Waals surface area (Å²) >= 11 is 1.27. The highest BCUT2D eigenvalue weighted by molar-refractivity contribution is 7.99. The van der Waals surface area contributed by atoms with Gasteiger partial charge in [0.25, 0.3) is 5.56 Å². The lowest BCUT2D eigenvalue weighted by molar-refractivity contribution is -0.116. The zero-order valence-corrected chi connectivity index (χ0v) is 16.2. The van der Waals surface area contributed by atoms with E-state index in [1.54, 1.807) is 28.8 Å². The molecule has 1 amide bonds. The Morgan fingerprint density at radius 3 is 2.82 bits per heavy atom. The van der Waals surface area contributed by atoms with Crippen molar-refractivity contribution in [2.45, 2.75) is 31.5 Å². The van der Waals surface area contributed by atoms with E-state index in [2.05, 4.69) is 10.3 Å². The SMILES string of the molecule is CCn1c(SCC(=O)c2ccc3c(c2)CCC(=O)N3)nc2ccccc2c1=O. The highest BCUT2D eigenvalue weighted by atomic mass is 32.2. The number of fused-ring (bicyclic) bond motifs is 2. The molecule has 4 rings (SSSR count). The Balaban J connectivity index is 1.57. The average molecular weight is 393 g/mol. The molecule has 1 aromatic heterocycles. The predicted octanol–water partition coefficient (Wildman–Crippen LogP) is 3.28. The normalized spacial score (nSPS) is 13.2. The van der Waals surface area contributed by atoms with Crippen molar-refractivity contribution >= 4 is 40.0 Å². The van der Waals surface area contributed by atoms with Crippen molar-refractivity contribution in [3.8, 4) is 0 Å². The Labute approximate surface area is 166 Å². The smallest absolute Gasteiger partial charge is 0.262 e. The fourth-order valence-corrected chi connectivity index (χ4v) is 4.26. The van der Waals surface area contributed by atoms with Crippen LogP contribution in [0, 0.1) is 0 Å². The van der Waals surface area contributed by atoms with Crippen LogP contribution in [0.2, 0.25) is 0 Å². The van der Waals surface area contributed by atoms with Gasteiger partial charge in [-0.25, -0.2) is 4.98 Å². The molecule has 2 aromatic carbocycles. The summed E-state index contributed by atoms with van der Waals surface area (Å²) in [6.07, 6.45) is 1.07. The van der Waals surface area contributed by atoms with Crippen LogP contribution in [0.3, 0.4) is 0 Å². The Bertz CT molecular complexity index is 1150. The number of ketones is 1. The van der Waals surface area contributed by atoms with E-state index in [1.165, 1.54) is 11.8 Å². The van der Waals surface area contributed by atoms with Crippen molar-refractivity contribution in [3.05, 3.63) is 63.9 Å². The minimum absolute atomic E-state index is 0.00190. The summed E-state index contributed by atoms with van der Waals surface area (Å²) < 4.78 is 1.60. The molecule has 142 valence electrons. The van der Waals surface area contributed by atoms with Gasteiger partial charge < -0.3 is 5.32 Å². The number of thioether (sulfide) groups is 1. The molecular weight excluding hydrogens is 374 g/mol. The van der Waals surface area contributed by atoms with Gasteiger partial charge in [0.05, 0.1) is 16.7 Å². The molecule has 1 N–H and O–H groups in total. The van der Waals surface area contributed by atoms with E-state index in [4.69, 9.17) is 0 Å². The summed E-state index contributed by atoms with van der Waals surface area (Å²) in [5, 5.41) is 3.95. The molecule has 3 aromatic rings. The third-order valence-corrected chi connectivity index (χ3v) is 5.77. The molecule has 28 heavy (non-hydrogen) atoms. The Morgan fingerprint density at radius 2 is 2.00 bits per heavy atom. The van der Waals surface area contributed by atoms with Crippen molar-refractivity contribution in [2.24, 2.45) is 0 Å². The van der Waals surface area contributed by atoms with Gasteiger partial charge >= 0.3 is 0 Å². The molecule has 0 atom stereocenters. The van der Waals surface area contributed by atoms with Crippen molar-refractivity contribution in [1.29, 1.82) is 0 Å². The second-order valence-electron chi connectivity index (χ2n) is 6.59. The predicted molar refractivity (Wildman–Crippen MR) is 110 cm³/mol. The molecule has 0 saturated carbocycles. The lowest BCUT2D eigenvalue weighted by Gasteiger charge is -2.17. The summed E-state index contributed by atoms with van der Waals surface area (Å²) in [5.41, 5.74) is 2.90. The molecule has 2 heterocycles. The first-order chi connectivity index (χ1) is 13.6. The third kappa shape index (κ3) is 3.45. The van der Waals surface area contributed by atoms with Crippen LogP contribution in [-0.4, -0.2) is 27.0 Å². The van der Waals surface area contributed by atoms with Gasteiger partial charge in [-0.3, -0.25) is 19.0 Å². The van der Waals surface area contributed by atoms with Gasteiger partial charge in [-0.05, 0) is 49.2 Å². The molecule has 0 saturated heterocycles. The lowest BCUT2D eigenvalue weighted by atomic mass is 9.99. The van der Waals surface area contributed by atoms with Crippen molar-refractivity contribution in [1.82, 2.24) is 9.55 Å². The fourth-order valence-electron chi connectivity index (χ4n) is 3.31. The number of hydrogen-bond acceptors (Lipinski definition) is 5. The highest BCUT2D eigenvalue weighted by Gasteiger charge is 2.18. The monoisotopic (exact) mass is 393 g/mol. The van der Waals surface area contributed by atoms with Crippen LogP contribution in [0.4, 0.5) is 5.69 Å². The summed E-state index contributed by atoms with van der Waals surface area (Å²) in [7, 11) is 0. The summed E-state index contributed by atoms with van der Waals surface area (Å²) in [5.74, 6) is 0.160. The first-order valence-corrected chi connectivity index (χ1v) is 10.1. The number of aromatic nitrogens is 2. The van der Waals surface area contributed by atoms with Gasteiger partial charge in [-0.15, -0.1) is 0 Å². The van der Waals surface area contributed by atoms with Gasteiger partial charge in [-0.2, -0.15) is 0 Å². The maximum atomic E-state index is 12.7. The van der Waals surface area contributed by atoms with Crippen LogP contribution in [0.15, 0.2) is 52.4 Å². The van der Waals surface area contributed by atoms with E-state index >= 15 is 0 Å². The molecule has 0 aliphatic carbocycles. The average Bonchev–Trinajstić information content (AvgIpc) is 2.71. The van der Waals surface area contributed by atoms with Crippen LogP contribution in [0.25, 0.3) is 10.9 Å². The lowest BCUT2D eigenvalue weighted by Crippen LogP contribution is -2.23. The number of nitrogens with one attached hydrogen (secondary N) is 1. The maximum absolute atomic E-state index is 12.7. The van der Waals surface area contributed by atoms with E-state index < -0.39 is 0 Å². The fraction of sp³-hybridized carbons (Fsp3) is 0.238. The Morgan fingerprint density at radius 1 is 1.18 bits per heavy atom. The summed E-state index contributed by atoms with van der Waals surface area (Å²) in [4.78, 5) is 41.4. The number of benzene rings is 2. The number of nitrogens with zero attached hydrogens (tertiary/aromatic N) is 2. The minimum Gasteiger partial charge on any atom is -0.326 e. The molecule has 0 fully saturated rings. The standard InChI is InChI=1S/C21H19N3O3S/c1-2-24-20(27)15-5-3-4-6-17(15)23-21(24)28-12-18(25)14-7-9-16-13(11-14)8-10-19(26)22-16/h3-7,9,11H,2,8,10,12H2,1H3,(H,22,26). The van der Waals surface area contributed by atoms with Crippen LogP contribution in [0.5, 0.6) is 0 Å². The Kier molecular flexibility index (Phi) is 5.00. The first kappa shape index (κ1) is 18.4. The van der Waals surface area contributed by atoms with Crippen molar-refractivity contribution in [3.63, 3.8) is 0 Å². The van der Waals surface area contributed by atoms with Gasteiger partial charge in [-0.1, -0.05) is 23.9 Å². The molecule has 0 radical (unpaired) electrons. The van der Waals surface area contributed by atoms with E-state index in [9.17, 15) is 14.4 Å². The molecule has 0 spiro atoms. The first-order valence-electron chi connectivity index (χ1n) is 9.15. The minimum atomic E-state index is -0.0902. The van der Waals surface area contributed by atoms with Gasteiger partial charge in [0.1, 0.15) is 0 Å². The van der Waals surface area contributed by atoms with Gasteiger partial charge in [0.15, 0.2) is 10.9 Å². The van der Waals surface area contributed by atoms with Gasteiger partial charge in [0, 0.05) is 24.2 Å². The molecule has 1 aliphatic rings. The van der Waals surface area contributed by atoms with Crippen molar-refractivity contribution in [2.75, 3.05) is 11.1 Å². The molecule has 1 aliphatic heterocycles. The Hall–Kier alpha value is -2.93. The highest BCUT2D eigenvalue weighted by Crippen LogP contribution is 2.25. The molecular formula is C21H19N3O3S. The van der Waals surface area contributed by atoms with Crippen LogP contribution in [0.1, 0.15) is 29.3 Å². The summed E-state index contributed by atoms with van der Waals surface area (Å²) in [6.45, 7) is 2.38. The molecule has 0 unspecified atom stereocenters. The second-order valence-corrected chi connectivity index (χ2v) is 7.54. The number of Topliss-reactive ketones (excluding diaryl/α,β-unsaturated/α-hetero) is 1. The number of para-hydroxylation sites is 1. The summed E-state index contributed by atoms with van der Waals surface area (Å²) in [6, 6.07) is 12.6. The van der Waals surface area contributed by atoms with Crippen LogP contribution < -0.4 is 10.9 Å². The largest absolute Gasteiger partial charge is 0.326 e. The number of aryl methyl sites for hydroxylation is 1. The van der Waals surface area contributed by atoms with E-state index in [0.717, 1.165) is 11.3 Å². The molecule has 0 bridgehead atoms. The van der Waals surface area contributed by atoms with E-state index in [0.29, 0.717) is 41.0 Å². The van der Waals surface area contributed by atoms with E-state index in [-0.39, 0.29) is 23.0 Å². The number of anilines is 1. The van der Waals surface area contributed by atoms with E-state index in [1.807, 2.05) is 25.1 Å². The number of carbonyl (C=O) groups excluding carboxylic acids is 2. The second kappa shape index (κ2) is 7.59. The number of rotatable bonds is 5. The quantitative estimate of drug-likeness (QED) is 0.409.